The highest BCUT2D eigenvalue weighted by molar-refractivity contribution is 6.04. The Bertz CT molecular complexity index is 2970. The van der Waals surface area contributed by atoms with E-state index in [1.165, 1.54) is 82.7 Å². The number of hydrogen-bond donors (Lipinski definition) is 0. The molecule has 0 spiro atoms. The summed E-state index contributed by atoms with van der Waals surface area (Å²) in [5.41, 5.74) is 17.3. The van der Waals surface area contributed by atoms with Crippen LogP contribution in [0.25, 0.3) is 43.8 Å². The van der Waals surface area contributed by atoms with Gasteiger partial charge >= 0.3 is 0 Å². The zero-order valence-corrected chi connectivity index (χ0v) is 31.9. The van der Waals surface area contributed by atoms with E-state index in [-0.39, 0.29) is 5.41 Å². The van der Waals surface area contributed by atoms with Crippen LogP contribution in [0.15, 0.2) is 194 Å². The molecule has 0 heterocycles. The highest BCUT2D eigenvalue weighted by Gasteiger charge is 2.46. The fourth-order valence-corrected chi connectivity index (χ4v) is 10.4. The minimum absolute atomic E-state index is 0.143. The van der Waals surface area contributed by atoms with Crippen LogP contribution in [0.4, 0.5) is 17.1 Å². The highest BCUT2D eigenvalue weighted by Crippen LogP contribution is 2.58. The van der Waals surface area contributed by atoms with Gasteiger partial charge in [-0.15, -0.1) is 0 Å². The van der Waals surface area contributed by atoms with Gasteiger partial charge in [-0.2, -0.15) is 0 Å². The summed E-state index contributed by atoms with van der Waals surface area (Å²) in [5, 5.41) is 5.22. The molecule has 2 aliphatic carbocycles. The van der Waals surface area contributed by atoms with Crippen LogP contribution in [0.5, 0.6) is 0 Å². The van der Waals surface area contributed by atoms with E-state index >= 15 is 0 Å². The second kappa shape index (κ2) is 12.2. The Morgan fingerprint density at radius 3 is 1.66 bits per heavy atom. The van der Waals surface area contributed by atoms with Gasteiger partial charge in [-0.1, -0.05) is 172 Å². The number of aryl methyl sites for hydroxylation is 1. The van der Waals surface area contributed by atoms with Gasteiger partial charge in [0.25, 0.3) is 0 Å². The molecule has 0 aliphatic heterocycles. The normalized spacial score (nSPS) is 14.3. The fourth-order valence-electron chi connectivity index (χ4n) is 10.4. The number of benzene rings is 9. The molecule has 0 aromatic heterocycles. The van der Waals surface area contributed by atoms with E-state index in [0.29, 0.717) is 0 Å². The number of fused-ring (bicyclic) bond motifs is 10. The molecule has 9 aromatic carbocycles. The second-order valence-electron chi connectivity index (χ2n) is 16.2. The Hall–Kier alpha value is -6.70. The average Bonchev–Trinajstić information content (AvgIpc) is 3.67. The standard InChI is InChI=1S/C55H41N/c1-36-15-14-21-41(33-36)56(42-27-31-45-38(34-42)26-30-49-48-29-25-37-16-10-11-22-44(37)52(48)54(2,3)53(45)49)43-28-32-47-46-23-12-13-24-50(46)55(51(47)35-43,39-17-6-4-7-18-39)40-19-8-5-9-20-40/h4-35H,1-3H3. The molecule has 0 radical (unpaired) electrons. The molecule has 0 unspecified atom stereocenters. The first-order valence-corrected chi connectivity index (χ1v) is 19.8. The average molecular weight is 716 g/mol. The highest BCUT2D eigenvalue weighted by atomic mass is 15.1. The Balaban J connectivity index is 1.13. The topological polar surface area (TPSA) is 3.24 Å². The second-order valence-corrected chi connectivity index (χ2v) is 16.2. The molecule has 0 saturated carbocycles. The van der Waals surface area contributed by atoms with E-state index in [0.717, 1.165) is 17.1 Å². The lowest BCUT2D eigenvalue weighted by Crippen LogP contribution is -2.28. The van der Waals surface area contributed by atoms with Crippen molar-refractivity contribution >= 4 is 38.6 Å². The molecule has 1 nitrogen and oxygen atoms in total. The zero-order valence-electron chi connectivity index (χ0n) is 31.9. The van der Waals surface area contributed by atoms with Crippen molar-refractivity contribution in [3.63, 3.8) is 0 Å². The minimum atomic E-state index is -0.475. The summed E-state index contributed by atoms with van der Waals surface area (Å²) in [5.74, 6) is 0. The van der Waals surface area contributed by atoms with E-state index in [1.54, 1.807) is 0 Å². The van der Waals surface area contributed by atoms with Crippen LogP contribution < -0.4 is 4.90 Å². The summed E-state index contributed by atoms with van der Waals surface area (Å²) in [7, 11) is 0. The molecular weight excluding hydrogens is 675 g/mol. The first-order chi connectivity index (χ1) is 27.4. The molecule has 0 fully saturated rings. The number of anilines is 3. The van der Waals surface area contributed by atoms with Gasteiger partial charge < -0.3 is 4.90 Å². The van der Waals surface area contributed by atoms with E-state index in [4.69, 9.17) is 0 Å². The van der Waals surface area contributed by atoms with E-state index in [2.05, 4.69) is 220 Å². The fraction of sp³-hybridized carbons (Fsp3) is 0.0909. The van der Waals surface area contributed by atoms with Crippen molar-refractivity contribution < 1.29 is 0 Å². The van der Waals surface area contributed by atoms with Crippen LogP contribution in [-0.2, 0) is 10.8 Å². The van der Waals surface area contributed by atoms with Crippen LogP contribution in [0.2, 0.25) is 0 Å². The zero-order chi connectivity index (χ0) is 37.6. The van der Waals surface area contributed by atoms with Gasteiger partial charge in [-0.3, -0.25) is 0 Å². The predicted molar refractivity (Wildman–Crippen MR) is 236 cm³/mol. The maximum absolute atomic E-state index is 2.47. The molecule has 56 heavy (non-hydrogen) atoms. The summed E-state index contributed by atoms with van der Waals surface area (Å²) in [6, 6.07) is 72.5. The maximum Gasteiger partial charge on any atom is 0.0714 e. The third kappa shape index (κ3) is 4.55. The molecule has 9 aromatic rings. The third-order valence-electron chi connectivity index (χ3n) is 12.7. The van der Waals surface area contributed by atoms with Crippen molar-refractivity contribution in [2.75, 3.05) is 4.90 Å². The molecule has 0 amide bonds. The van der Waals surface area contributed by atoms with Crippen molar-refractivity contribution in [1.29, 1.82) is 0 Å². The maximum atomic E-state index is 2.47. The van der Waals surface area contributed by atoms with Gasteiger partial charge in [0.2, 0.25) is 0 Å². The van der Waals surface area contributed by atoms with Crippen molar-refractivity contribution in [3.05, 3.63) is 233 Å². The molecule has 266 valence electrons. The van der Waals surface area contributed by atoms with Crippen LogP contribution in [-0.4, -0.2) is 0 Å². The Morgan fingerprint density at radius 2 is 0.929 bits per heavy atom. The number of rotatable bonds is 5. The van der Waals surface area contributed by atoms with Gasteiger partial charge in [0.15, 0.2) is 0 Å². The lowest BCUT2D eigenvalue weighted by molar-refractivity contribution is 0.672. The van der Waals surface area contributed by atoms with Crippen molar-refractivity contribution in [2.45, 2.75) is 31.6 Å². The lowest BCUT2D eigenvalue weighted by atomic mass is 9.67. The van der Waals surface area contributed by atoms with E-state index in [1.807, 2.05) is 0 Å². The Labute approximate surface area is 329 Å². The van der Waals surface area contributed by atoms with Crippen LogP contribution in [0.1, 0.15) is 52.8 Å². The summed E-state index contributed by atoms with van der Waals surface area (Å²) in [4.78, 5) is 2.46. The number of hydrogen-bond acceptors (Lipinski definition) is 1. The Morgan fingerprint density at radius 1 is 0.375 bits per heavy atom. The Kier molecular flexibility index (Phi) is 7.10. The predicted octanol–water partition coefficient (Wildman–Crippen LogP) is 14.4. The largest absolute Gasteiger partial charge is 0.310 e. The van der Waals surface area contributed by atoms with Gasteiger partial charge in [-0.05, 0) is 126 Å². The van der Waals surface area contributed by atoms with Crippen LogP contribution >= 0.6 is 0 Å². The van der Waals surface area contributed by atoms with Crippen LogP contribution in [0, 0.1) is 6.92 Å². The van der Waals surface area contributed by atoms with Gasteiger partial charge in [0.1, 0.15) is 0 Å². The summed E-state index contributed by atoms with van der Waals surface area (Å²) in [6.45, 7) is 7.00. The van der Waals surface area contributed by atoms with Crippen molar-refractivity contribution in [1.82, 2.24) is 0 Å². The summed E-state index contributed by atoms with van der Waals surface area (Å²) >= 11 is 0. The molecule has 2 aliphatic rings. The molecular formula is C55H41N. The summed E-state index contributed by atoms with van der Waals surface area (Å²) < 4.78 is 0. The minimum Gasteiger partial charge on any atom is -0.310 e. The van der Waals surface area contributed by atoms with E-state index < -0.39 is 5.41 Å². The SMILES string of the molecule is Cc1cccc(N(c2ccc3c(c2)C(c2ccccc2)(c2ccccc2)c2ccccc2-3)c2ccc3c4c(ccc3c2)-c2ccc3ccccc3c2C4(C)C)c1. The van der Waals surface area contributed by atoms with Gasteiger partial charge in [-0.25, -0.2) is 0 Å². The van der Waals surface area contributed by atoms with E-state index in [9.17, 15) is 0 Å². The first-order valence-electron chi connectivity index (χ1n) is 19.8. The molecule has 0 atom stereocenters. The van der Waals surface area contributed by atoms with Crippen molar-refractivity contribution in [2.24, 2.45) is 0 Å². The monoisotopic (exact) mass is 715 g/mol. The van der Waals surface area contributed by atoms with Crippen molar-refractivity contribution in [3.8, 4) is 22.3 Å². The molecule has 1 heteroatoms. The molecule has 0 saturated heterocycles. The molecule has 0 N–H and O–H groups in total. The quantitative estimate of drug-likeness (QED) is 0.171. The van der Waals surface area contributed by atoms with Crippen LogP contribution in [0.3, 0.4) is 0 Å². The lowest BCUT2D eigenvalue weighted by Gasteiger charge is -2.35. The number of nitrogens with zero attached hydrogens (tertiary/aromatic N) is 1. The summed E-state index contributed by atoms with van der Waals surface area (Å²) in [6.07, 6.45) is 0. The molecule has 11 rings (SSSR count). The van der Waals surface area contributed by atoms with Gasteiger partial charge in [0, 0.05) is 22.5 Å². The first kappa shape index (κ1) is 32.7. The third-order valence-corrected chi connectivity index (χ3v) is 12.7. The van der Waals surface area contributed by atoms with Gasteiger partial charge in [0.05, 0.1) is 5.41 Å². The smallest absolute Gasteiger partial charge is 0.0714 e. The molecule has 0 bridgehead atoms.